The van der Waals surface area contributed by atoms with Crippen LogP contribution in [0.4, 0.5) is 4.79 Å². The zero-order valence-corrected chi connectivity index (χ0v) is 21.2. The predicted molar refractivity (Wildman–Crippen MR) is 96.2 cm³/mol. The maximum Gasteiger partial charge on any atom is 1.00 e. The van der Waals surface area contributed by atoms with Gasteiger partial charge in [-0.25, -0.2) is 14.4 Å². The SMILES string of the molecule is N[C@@H](CCS)C(=O)OC(=O)OC(=O)[C@](S)(CCS)N(S)S.[H-].[H-].[Na+].[Na+]. The van der Waals surface area contributed by atoms with Gasteiger partial charge in [-0.05, 0) is 24.3 Å². The monoisotopic (exact) mass is 440 g/mol. The van der Waals surface area contributed by atoms with Crippen LogP contribution in [-0.2, 0) is 19.1 Å². The fourth-order valence-corrected chi connectivity index (χ4v) is 2.33. The van der Waals surface area contributed by atoms with E-state index in [2.05, 4.69) is 73.0 Å². The zero-order valence-electron chi connectivity index (χ0n) is 14.7. The van der Waals surface area contributed by atoms with Gasteiger partial charge in [-0.3, -0.25) is 0 Å². The third-order valence-electron chi connectivity index (χ3n) is 2.22. The molecular weight excluding hydrogens is 422 g/mol. The van der Waals surface area contributed by atoms with Crippen molar-refractivity contribution in [2.24, 2.45) is 5.73 Å². The van der Waals surface area contributed by atoms with Gasteiger partial charge in [-0.1, -0.05) is 25.6 Å². The van der Waals surface area contributed by atoms with Crippen LogP contribution in [0.25, 0.3) is 0 Å². The summed E-state index contributed by atoms with van der Waals surface area (Å²) in [5.74, 6) is -1.54. The van der Waals surface area contributed by atoms with Gasteiger partial charge in [0.2, 0.25) is 0 Å². The first-order chi connectivity index (χ1) is 9.68. The van der Waals surface area contributed by atoms with Crippen LogP contribution >= 0.6 is 63.5 Å². The molecule has 7 nitrogen and oxygen atoms in total. The van der Waals surface area contributed by atoms with Crippen molar-refractivity contribution in [2.45, 2.75) is 23.8 Å². The van der Waals surface area contributed by atoms with Crippen molar-refractivity contribution >= 4 is 81.6 Å². The van der Waals surface area contributed by atoms with E-state index >= 15 is 0 Å². The van der Waals surface area contributed by atoms with Crippen LogP contribution in [0.1, 0.15) is 15.7 Å². The number of nitrogens with two attached hydrogens (primary N) is 1. The molecule has 0 spiro atoms. The van der Waals surface area contributed by atoms with Crippen LogP contribution < -0.4 is 64.8 Å². The van der Waals surface area contributed by atoms with E-state index in [-0.39, 0.29) is 80.6 Å². The first-order valence-electron chi connectivity index (χ1n) is 5.54. The Bertz CT molecular complexity index is 417. The molecule has 0 saturated carbocycles. The number of ether oxygens (including phenoxy) is 2. The molecule has 23 heavy (non-hydrogen) atoms. The number of carbonyl (C=O) groups excluding carboxylic acids is 3. The summed E-state index contributed by atoms with van der Waals surface area (Å²) in [5, 5.41) is 0. The quantitative estimate of drug-likeness (QED) is 0.0776. The Morgan fingerprint density at radius 1 is 1.13 bits per heavy atom. The van der Waals surface area contributed by atoms with E-state index < -0.39 is 29.0 Å². The number of nitrogens with zero attached hydrogens (tertiary/aromatic N) is 1. The maximum atomic E-state index is 11.9. The molecule has 0 aromatic heterocycles. The molecule has 2 atom stereocenters. The van der Waals surface area contributed by atoms with Gasteiger partial charge in [0.1, 0.15) is 6.04 Å². The number of hydrogen-bond acceptors (Lipinski definition) is 12. The van der Waals surface area contributed by atoms with Gasteiger partial charge in [0, 0.05) is 0 Å². The van der Waals surface area contributed by atoms with E-state index in [0.29, 0.717) is 5.75 Å². The minimum atomic E-state index is -1.62. The van der Waals surface area contributed by atoms with E-state index in [4.69, 9.17) is 5.73 Å². The molecule has 0 heterocycles. The molecule has 0 aliphatic rings. The normalized spacial score (nSPS) is 13.9. The van der Waals surface area contributed by atoms with E-state index in [9.17, 15) is 14.4 Å². The van der Waals surface area contributed by atoms with Gasteiger partial charge < -0.3 is 18.1 Å². The van der Waals surface area contributed by atoms with Gasteiger partial charge in [0.15, 0.2) is 4.87 Å². The summed E-state index contributed by atoms with van der Waals surface area (Å²) in [6.07, 6.45) is -1.22. The Labute approximate surface area is 209 Å². The largest absolute Gasteiger partial charge is 1.00 e. The molecule has 0 rings (SSSR count). The fraction of sp³-hybridized carbons (Fsp3) is 0.667. The minimum Gasteiger partial charge on any atom is -1.00 e. The van der Waals surface area contributed by atoms with Crippen LogP contribution in [0.2, 0.25) is 0 Å². The topological polar surface area (TPSA) is 98.9 Å². The second kappa shape index (κ2) is 15.3. The number of thiol groups is 5. The Kier molecular flexibility index (Phi) is 20.0. The number of rotatable bonds is 7. The van der Waals surface area contributed by atoms with Gasteiger partial charge in [-0.2, -0.15) is 29.0 Å². The van der Waals surface area contributed by atoms with Crippen LogP contribution in [0.3, 0.4) is 0 Å². The van der Waals surface area contributed by atoms with Crippen LogP contribution in [0.5, 0.6) is 0 Å². The van der Waals surface area contributed by atoms with Gasteiger partial charge in [0.05, 0.1) is 0 Å². The molecule has 0 aliphatic heterocycles. The third-order valence-corrected chi connectivity index (χ3v) is 4.31. The predicted octanol–water partition coefficient (Wildman–Crippen LogP) is -4.99. The van der Waals surface area contributed by atoms with Crippen LogP contribution in [0, 0.1) is 0 Å². The molecule has 0 amide bonds. The van der Waals surface area contributed by atoms with Crippen molar-refractivity contribution in [3.8, 4) is 0 Å². The van der Waals surface area contributed by atoms with E-state index in [0.717, 1.165) is 3.71 Å². The molecule has 0 aromatic rings. The molecule has 0 radical (unpaired) electrons. The van der Waals surface area contributed by atoms with Crippen molar-refractivity contribution in [1.82, 2.24) is 3.71 Å². The minimum absolute atomic E-state index is 0. The molecule has 14 heteroatoms. The van der Waals surface area contributed by atoms with E-state index in [1.807, 2.05) is 0 Å². The summed E-state index contributed by atoms with van der Waals surface area (Å²) in [5.41, 5.74) is 5.41. The maximum absolute atomic E-state index is 11.9. The molecule has 0 fully saturated rings. The van der Waals surface area contributed by atoms with Gasteiger partial charge >= 0.3 is 77.2 Å². The fourth-order valence-electron chi connectivity index (χ4n) is 1.03. The summed E-state index contributed by atoms with van der Waals surface area (Å²) in [7, 11) is 0. The molecule has 0 bridgehead atoms. The molecule has 0 saturated heterocycles. The van der Waals surface area contributed by atoms with Crippen molar-refractivity contribution in [3.63, 3.8) is 0 Å². The second-order valence-corrected chi connectivity index (χ2v) is 6.51. The van der Waals surface area contributed by atoms with Gasteiger partial charge in [-0.15, -0.1) is 12.6 Å². The number of esters is 2. The van der Waals surface area contributed by atoms with E-state index in [1.54, 1.807) is 0 Å². The molecule has 0 aromatic carbocycles. The molecule has 0 aliphatic carbocycles. The number of carbonyl (C=O) groups is 3. The Balaban J connectivity index is -0.000000333. The van der Waals surface area contributed by atoms with Crippen molar-refractivity contribution < 1.29 is 85.8 Å². The first kappa shape index (κ1) is 30.0. The zero-order chi connectivity index (χ0) is 16.6. The third kappa shape index (κ3) is 10.9. The Morgan fingerprint density at radius 3 is 2.04 bits per heavy atom. The van der Waals surface area contributed by atoms with Crippen molar-refractivity contribution in [3.05, 3.63) is 0 Å². The van der Waals surface area contributed by atoms with Crippen LogP contribution in [0.15, 0.2) is 0 Å². The summed E-state index contributed by atoms with van der Waals surface area (Å²) >= 11 is 19.6. The number of hydrogen-bond donors (Lipinski definition) is 6. The summed E-state index contributed by atoms with van der Waals surface area (Å²) in [4.78, 5) is 33.0. The summed E-state index contributed by atoms with van der Waals surface area (Å²) < 4.78 is 9.53. The van der Waals surface area contributed by atoms with Gasteiger partial charge in [0.25, 0.3) is 0 Å². The van der Waals surface area contributed by atoms with Crippen molar-refractivity contribution in [1.29, 1.82) is 0 Å². The standard InChI is InChI=1S/C9H16N2O5S5.2Na.2H/c10-5(1-3-17)6(12)15-8(14)16-7(13)9(19,2-4-18)11(20)21;;;;/h5,17-21H,1-4,10H2;;;;/q;2*+1;2*-1/t5-,9+;;;;/m0..../s1. The van der Waals surface area contributed by atoms with Crippen LogP contribution in [-0.4, -0.2) is 44.2 Å². The Hall–Kier alpha value is 2.28. The van der Waals surface area contributed by atoms with E-state index in [1.165, 1.54) is 0 Å². The molecular formula is C9H18N2Na2O5S5. The molecule has 126 valence electrons. The molecule has 2 N–H and O–H groups in total. The van der Waals surface area contributed by atoms with Crippen molar-refractivity contribution in [2.75, 3.05) is 11.5 Å². The first-order valence-corrected chi connectivity index (χ1v) is 8.05. The summed E-state index contributed by atoms with van der Waals surface area (Å²) in [6, 6.07) is -1.03. The smallest absolute Gasteiger partial charge is 1.00 e. The second-order valence-electron chi connectivity index (χ2n) is 3.76. The average Bonchev–Trinajstić information content (AvgIpc) is 2.38. The summed E-state index contributed by atoms with van der Waals surface area (Å²) in [6.45, 7) is 0. The Morgan fingerprint density at radius 2 is 1.65 bits per heavy atom. The average molecular weight is 441 g/mol. The molecule has 0 unspecified atom stereocenters.